The Morgan fingerprint density at radius 1 is 1.17 bits per heavy atom. The molecule has 8 heteroatoms. The van der Waals surface area contributed by atoms with Gasteiger partial charge in [-0.1, -0.05) is 0 Å². The lowest BCUT2D eigenvalue weighted by atomic mass is 10.2. The van der Waals surface area contributed by atoms with Crippen LogP contribution >= 0.6 is 0 Å². The van der Waals surface area contributed by atoms with Gasteiger partial charge in [-0.15, -0.1) is 0 Å². The molecule has 1 aromatic carbocycles. The number of carboxylic acids is 1. The summed E-state index contributed by atoms with van der Waals surface area (Å²) in [6.07, 6.45) is 1.14. The number of nitrogens with zero attached hydrogens (tertiary/aromatic N) is 1. The molecular weight excluding hydrogens is 332 g/mol. The smallest absolute Gasteiger partial charge is 0.303 e. The molecule has 0 heterocycles. The monoisotopic (exact) mass is 356 g/mol. The Kier molecular flexibility index (Phi) is 7.37. The molecule has 1 amide bonds. The van der Waals surface area contributed by atoms with E-state index in [1.165, 1.54) is 35.6 Å². The summed E-state index contributed by atoms with van der Waals surface area (Å²) in [7, 11) is -2.06. The molecule has 0 saturated heterocycles. The van der Waals surface area contributed by atoms with Crippen LogP contribution in [0, 0.1) is 0 Å². The molecule has 134 valence electrons. The summed E-state index contributed by atoms with van der Waals surface area (Å²) < 4.78 is 25.9. The van der Waals surface area contributed by atoms with Crippen molar-refractivity contribution < 1.29 is 23.1 Å². The van der Waals surface area contributed by atoms with Crippen molar-refractivity contribution in [2.45, 2.75) is 44.0 Å². The van der Waals surface area contributed by atoms with Gasteiger partial charge in [-0.05, 0) is 51.0 Å². The number of carboxylic acid groups (broad SMARTS) is 1. The van der Waals surface area contributed by atoms with Crippen molar-refractivity contribution in [1.29, 1.82) is 0 Å². The highest BCUT2D eigenvalue weighted by molar-refractivity contribution is 7.89. The zero-order chi connectivity index (χ0) is 18.3. The third-order valence-corrected chi connectivity index (χ3v) is 5.67. The van der Waals surface area contributed by atoms with Crippen molar-refractivity contribution in [3.05, 3.63) is 29.8 Å². The number of rotatable bonds is 9. The Labute approximate surface area is 142 Å². The summed E-state index contributed by atoms with van der Waals surface area (Å²) >= 11 is 0. The maximum Gasteiger partial charge on any atom is 0.303 e. The molecule has 0 spiro atoms. The lowest BCUT2D eigenvalue weighted by molar-refractivity contribution is -0.137. The van der Waals surface area contributed by atoms with Crippen LogP contribution in [0.2, 0.25) is 0 Å². The van der Waals surface area contributed by atoms with E-state index >= 15 is 0 Å². The van der Waals surface area contributed by atoms with E-state index in [0.29, 0.717) is 24.9 Å². The molecule has 0 atom stereocenters. The number of carbonyl (C=O) groups is 2. The molecule has 0 aromatic heterocycles. The minimum atomic E-state index is -3.57. The van der Waals surface area contributed by atoms with Gasteiger partial charge in [0.05, 0.1) is 4.90 Å². The summed E-state index contributed by atoms with van der Waals surface area (Å²) in [5.74, 6) is -1.17. The molecular formula is C16H24N2O5S. The van der Waals surface area contributed by atoms with E-state index in [9.17, 15) is 18.0 Å². The molecule has 0 bridgehead atoms. The molecule has 24 heavy (non-hydrogen) atoms. The molecule has 1 aromatic rings. The normalized spacial score (nSPS) is 11.7. The van der Waals surface area contributed by atoms with Crippen molar-refractivity contribution in [2.75, 3.05) is 13.6 Å². The van der Waals surface area contributed by atoms with Crippen LogP contribution in [0.1, 0.15) is 43.5 Å². The first kappa shape index (κ1) is 20.1. The molecule has 0 unspecified atom stereocenters. The van der Waals surface area contributed by atoms with E-state index in [1.807, 2.05) is 0 Å². The number of unbranched alkanes of at least 4 members (excludes halogenated alkanes) is 1. The van der Waals surface area contributed by atoms with Crippen molar-refractivity contribution >= 4 is 21.9 Å². The Morgan fingerprint density at radius 3 is 2.25 bits per heavy atom. The minimum absolute atomic E-state index is 0.0752. The van der Waals surface area contributed by atoms with Crippen LogP contribution < -0.4 is 5.32 Å². The molecule has 1 rings (SSSR count). The first-order valence-corrected chi connectivity index (χ1v) is 9.18. The fourth-order valence-electron chi connectivity index (χ4n) is 1.93. The van der Waals surface area contributed by atoms with E-state index in [2.05, 4.69) is 5.32 Å². The number of benzene rings is 1. The summed E-state index contributed by atoms with van der Waals surface area (Å²) in [6, 6.07) is 5.59. The van der Waals surface area contributed by atoms with Crippen LogP contribution in [0.3, 0.4) is 0 Å². The molecule has 7 nitrogen and oxygen atoms in total. The average Bonchev–Trinajstić information content (AvgIpc) is 2.53. The second-order valence-corrected chi connectivity index (χ2v) is 7.74. The first-order chi connectivity index (χ1) is 11.2. The maximum absolute atomic E-state index is 12.3. The van der Waals surface area contributed by atoms with Gasteiger partial charge in [-0.2, -0.15) is 4.31 Å². The fourth-order valence-corrected chi connectivity index (χ4v) is 3.29. The maximum atomic E-state index is 12.3. The average molecular weight is 356 g/mol. The van der Waals surface area contributed by atoms with Gasteiger partial charge in [-0.25, -0.2) is 8.42 Å². The Balaban J connectivity index is 2.64. The molecule has 0 aliphatic heterocycles. The Bertz CT molecular complexity index is 668. The number of hydrogen-bond acceptors (Lipinski definition) is 4. The molecule has 0 aliphatic rings. The van der Waals surface area contributed by atoms with Gasteiger partial charge in [0, 0.05) is 31.6 Å². The second kappa shape index (κ2) is 8.79. The SMILES string of the molecule is CC(C)N(C)S(=O)(=O)c1ccc(C(=O)NCCCCC(=O)O)cc1. The summed E-state index contributed by atoms with van der Waals surface area (Å²) in [4.78, 5) is 22.5. The zero-order valence-corrected chi connectivity index (χ0v) is 15.0. The van der Waals surface area contributed by atoms with Crippen LogP contribution in [0.25, 0.3) is 0 Å². The highest BCUT2D eigenvalue weighted by Gasteiger charge is 2.23. The van der Waals surface area contributed by atoms with E-state index < -0.39 is 16.0 Å². The summed E-state index contributed by atoms with van der Waals surface area (Å²) in [5.41, 5.74) is 0.361. The first-order valence-electron chi connectivity index (χ1n) is 7.74. The fraction of sp³-hybridized carbons (Fsp3) is 0.500. The van der Waals surface area contributed by atoms with Crippen LogP contribution in [-0.4, -0.2) is 49.3 Å². The van der Waals surface area contributed by atoms with E-state index in [1.54, 1.807) is 13.8 Å². The topological polar surface area (TPSA) is 104 Å². The van der Waals surface area contributed by atoms with Gasteiger partial charge in [0.15, 0.2) is 0 Å². The summed E-state index contributed by atoms with van der Waals surface area (Å²) in [5, 5.41) is 11.2. The molecule has 0 radical (unpaired) electrons. The van der Waals surface area contributed by atoms with Gasteiger partial charge in [-0.3, -0.25) is 9.59 Å². The predicted molar refractivity (Wildman–Crippen MR) is 90.3 cm³/mol. The minimum Gasteiger partial charge on any atom is -0.481 e. The van der Waals surface area contributed by atoms with Gasteiger partial charge < -0.3 is 10.4 Å². The van der Waals surface area contributed by atoms with Gasteiger partial charge in [0.25, 0.3) is 5.91 Å². The summed E-state index contributed by atoms with van der Waals surface area (Å²) in [6.45, 7) is 3.94. The molecule has 0 aliphatic carbocycles. The van der Waals surface area contributed by atoms with Gasteiger partial charge >= 0.3 is 5.97 Å². The van der Waals surface area contributed by atoms with Crippen LogP contribution in [-0.2, 0) is 14.8 Å². The lowest BCUT2D eigenvalue weighted by Gasteiger charge is -2.21. The van der Waals surface area contributed by atoms with Gasteiger partial charge in [0.2, 0.25) is 10.0 Å². The van der Waals surface area contributed by atoms with Crippen LogP contribution in [0.15, 0.2) is 29.2 Å². The standard InChI is InChI=1S/C16H24N2O5S/c1-12(2)18(3)24(22,23)14-9-7-13(8-10-14)16(21)17-11-5-4-6-15(19)20/h7-10,12H,4-6,11H2,1-3H3,(H,17,21)(H,19,20). The number of sulfonamides is 1. The van der Waals surface area contributed by atoms with E-state index in [-0.39, 0.29) is 23.3 Å². The van der Waals surface area contributed by atoms with Crippen molar-refractivity contribution in [2.24, 2.45) is 0 Å². The third kappa shape index (κ3) is 5.61. The Morgan fingerprint density at radius 2 is 1.75 bits per heavy atom. The number of aliphatic carboxylic acids is 1. The van der Waals surface area contributed by atoms with E-state index in [4.69, 9.17) is 5.11 Å². The highest BCUT2D eigenvalue weighted by Crippen LogP contribution is 2.17. The van der Waals surface area contributed by atoms with Crippen molar-refractivity contribution in [3.63, 3.8) is 0 Å². The number of nitrogens with one attached hydrogen (secondary N) is 1. The number of amides is 1. The molecule has 0 fully saturated rings. The number of hydrogen-bond donors (Lipinski definition) is 2. The van der Waals surface area contributed by atoms with E-state index in [0.717, 1.165) is 0 Å². The molecule has 2 N–H and O–H groups in total. The number of carbonyl (C=O) groups excluding carboxylic acids is 1. The zero-order valence-electron chi connectivity index (χ0n) is 14.2. The predicted octanol–water partition coefficient (Wildman–Crippen LogP) is 1.70. The third-order valence-electron chi connectivity index (χ3n) is 3.62. The Hall–Kier alpha value is -1.93. The second-order valence-electron chi connectivity index (χ2n) is 5.75. The largest absolute Gasteiger partial charge is 0.481 e. The van der Waals surface area contributed by atoms with Crippen molar-refractivity contribution in [1.82, 2.24) is 9.62 Å². The quantitative estimate of drug-likeness (QED) is 0.656. The van der Waals surface area contributed by atoms with Gasteiger partial charge in [0.1, 0.15) is 0 Å². The van der Waals surface area contributed by atoms with Crippen LogP contribution in [0.5, 0.6) is 0 Å². The highest BCUT2D eigenvalue weighted by atomic mass is 32.2. The lowest BCUT2D eigenvalue weighted by Crippen LogP contribution is -2.33. The van der Waals surface area contributed by atoms with Crippen molar-refractivity contribution in [3.8, 4) is 0 Å². The van der Waals surface area contributed by atoms with Crippen LogP contribution in [0.4, 0.5) is 0 Å². The molecule has 0 saturated carbocycles.